The molecule has 2 aromatic rings. The van der Waals surface area contributed by atoms with Crippen molar-refractivity contribution in [2.45, 2.75) is 4.90 Å². The van der Waals surface area contributed by atoms with Crippen molar-refractivity contribution in [2.24, 2.45) is 0 Å². The molecule has 0 aromatic heterocycles. The zero-order chi connectivity index (χ0) is 20.2. The van der Waals surface area contributed by atoms with Gasteiger partial charge in [0.25, 0.3) is 5.91 Å². The Morgan fingerprint density at radius 1 is 1.15 bits per heavy atom. The van der Waals surface area contributed by atoms with Crippen LogP contribution in [-0.2, 0) is 19.6 Å². The summed E-state index contributed by atoms with van der Waals surface area (Å²) in [6, 6.07) is 10.3. The third-order valence-corrected chi connectivity index (χ3v) is 6.05. The van der Waals surface area contributed by atoms with E-state index in [1.807, 2.05) is 0 Å². The van der Waals surface area contributed by atoms with Crippen molar-refractivity contribution in [2.75, 3.05) is 26.0 Å². The monoisotopic (exact) mass is 474 g/mol. The predicted molar refractivity (Wildman–Crippen MR) is 105 cm³/mol. The Morgan fingerprint density at radius 2 is 1.78 bits per heavy atom. The first kappa shape index (κ1) is 21.4. The lowest BCUT2D eigenvalue weighted by atomic mass is 10.2. The van der Waals surface area contributed by atoms with Crippen molar-refractivity contribution >= 4 is 55.1 Å². The molecule has 0 bridgehead atoms. The molecule has 1 amide bonds. The van der Waals surface area contributed by atoms with E-state index in [4.69, 9.17) is 16.3 Å². The summed E-state index contributed by atoms with van der Waals surface area (Å²) in [5.41, 5.74) is 0.506. The van der Waals surface area contributed by atoms with E-state index in [-0.39, 0.29) is 15.5 Å². The van der Waals surface area contributed by atoms with Gasteiger partial charge in [0.05, 0.1) is 15.5 Å². The molecule has 7 nitrogen and oxygen atoms in total. The summed E-state index contributed by atoms with van der Waals surface area (Å²) < 4.78 is 30.7. The lowest BCUT2D eigenvalue weighted by Gasteiger charge is -2.12. The summed E-state index contributed by atoms with van der Waals surface area (Å²) in [6.07, 6.45) is 0. The minimum atomic E-state index is -3.55. The van der Waals surface area contributed by atoms with Gasteiger partial charge in [-0.25, -0.2) is 17.5 Å². The third-order valence-electron chi connectivity index (χ3n) is 3.40. The summed E-state index contributed by atoms with van der Waals surface area (Å²) in [4.78, 5) is 24.0. The molecule has 0 spiro atoms. The number of anilines is 1. The molecule has 0 radical (unpaired) electrons. The number of sulfonamides is 1. The number of nitrogens with one attached hydrogen (secondary N) is 1. The van der Waals surface area contributed by atoms with E-state index in [0.29, 0.717) is 10.2 Å². The highest BCUT2D eigenvalue weighted by atomic mass is 79.9. The maximum Gasteiger partial charge on any atom is 0.340 e. The molecule has 2 rings (SSSR count). The van der Waals surface area contributed by atoms with Crippen LogP contribution in [-0.4, -0.2) is 45.3 Å². The molecule has 0 fully saturated rings. The van der Waals surface area contributed by atoms with Gasteiger partial charge < -0.3 is 10.1 Å². The number of nitrogens with zero attached hydrogens (tertiary/aromatic N) is 1. The Balaban J connectivity index is 1.96. The van der Waals surface area contributed by atoms with E-state index in [1.165, 1.54) is 50.5 Å². The molecule has 0 aliphatic heterocycles. The number of hydrogen-bond acceptors (Lipinski definition) is 5. The number of ether oxygens (including phenoxy) is 1. The molecule has 0 aliphatic rings. The van der Waals surface area contributed by atoms with Crippen LogP contribution in [0.1, 0.15) is 10.4 Å². The first-order valence-corrected chi connectivity index (χ1v) is 10.2. The van der Waals surface area contributed by atoms with Crippen LogP contribution in [0, 0.1) is 0 Å². The number of amides is 1. The Hall–Kier alpha value is -1.94. The summed E-state index contributed by atoms with van der Waals surface area (Å²) in [7, 11) is -0.692. The van der Waals surface area contributed by atoms with E-state index in [1.54, 1.807) is 6.07 Å². The predicted octanol–water partition coefficient (Wildman–Crippen LogP) is 3.15. The lowest BCUT2D eigenvalue weighted by Crippen LogP contribution is -2.22. The Morgan fingerprint density at radius 3 is 2.37 bits per heavy atom. The number of benzene rings is 2. The number of rotatable bonds is 6. The minimum Gasteiger partial charge on any atom is -0.452 e. The molecule has 0 saturated heterocycles. The van der Waals surface area contributed by atoms with E-state index < -0.39 is 28.5 Å². The standard InChI is InChI=1S/C17H16BrClN2O5S/c1-21(2)27(24,25)13-6-4-12(5-7-13)20-16(22)10-26-17(23)14-9-11(18)3-8-15(14)19/h3-9H,10H2,1-2H3,(H,20,22). The van der Waals surface area contributed by atoms with Crippen LogP contribution in [0.3, 0.4) is 0 Å². The fourth-order valence-electron chi connectivity index (χ4n) is 1.98. The molecular formula is C17H16BrClN2O5S. The average Bonchev–Trinajstić information content (AvgIpc) is 2.62. The summed E-state index contributed by atoms with van der Waals surface area (Å²) in [6.45, 7) is -0.514. The van der Waals surface area contributed by atoms with E-state index in [2.05, 4.69) is 21.2 Å². The highest BCUT2D eigenvalue weighted by Crippen LogP contribution is 2.22. The largest absolute Gasteiger partial charge is 0.452 e. The molecule has 0 heterocycles. The SMILES string of the molecule is CN(C)S(=O)(=O)c1ccc(NC(=O)COC(=O)c2cc(Br)ccc2Cl)cc1. The molecule has 27 heavy (non-hydrogen) atoms. The van der Waals surface area contributed by atoms with Crippen LogP contribution < -0.4 is 5.32 Å². The van der Waals surface area contributed by atoms with E-state index in [0.717, 1.165) is 4.31 Å². The first-order chi connectivity index (χ1) is 12.6. The van der Waals surface area contributed by atoms with Crippen molar-refractivity contribution in [3.8, 4) is 0 Å². The molecule has 1 N–H and O–H groups in total. The maximum atomic E-state index is 12.0. The van der Waals surface area contributed by atoms with Gasteiger partial charge >= 0.3 is 5.97 Å². The maximum absolute atomic E-state index is 12.0. The highest BCUT2D eigenvalue weighted by molar-refractivity contribution is 9.10. The molecule has 0 aliphatic carbocycles. The van der Waals surface area contributed by atoms with Gasteiger partial charge in [0.15, 0.2) is 6.61 Å². The van der Waals surface area contributed by atoms with E-state index >= 15 is 0 Å². The fraction of sp³-hybridized carbons (Fsp3) is 0.176. The van der Waals surface area contributed by atoms with Crippen molar-refractivity contribution < 1.29 is 22.7 Å². The van der Waals surface area contributed by atoms with Gasteiger partial charge in [-0.2, -0.15) is 0 Å². The van der Waals surface area contributed by atoms with Crippen LogP contribution in [0.4, 0.5) is 5.69 Å². The number of carbonyl (C=O) groups excluding carboxylic acids is 2. The van der Waals surface area contributed by atoms with Gasteiger partial charge in [-0.1, -0.05) is 27.5 Å². The molecule has 10 heteroatoms. The molecular weight excluding hydrogens is 460 g/mol. The molecule has 0 saturated carbocycles. The van der Waals surface area contributed by atoms with Crippen LogP contribution in [0.5, 0.6) is 0 Å². The van der Waals surface area contributed by atoms with Crippen LogP contribution >= 0.6 is 27.5 Å². The Bertz CT molecular complexity index is 962. The zero-order valence-electron chi connectivity index (χ0n) is 14.4. The first-order valence-electron chi connectivity index (χ1n) is 7.56. The van der Waals surface area contributed by atoms with Gasteiger partial charge in [-0.05, 0) is 42.5 Å². The summed E-state index contributed by atoms with van der Waals surface area (Å²) in [5, 5.41) is 2.73. The third kappa shape index (κ3) is 5.52. The number of esters is 1. The van der Waals surface area contributed by atoms with Crippen LogP contribution in [0.2, 0.25) is 5.02 Å². The molecule has 0 atom stereocenters. The lowest BCUT2D eigenvalue weighted by molar-refractivity contribution is -0.119. The second-order valence-electron chi connectivity index (χ2n) is 5.56. The molecule has 0 unspecified atom stereocenters. The number of hydrogen-bond donors (Lipinski definition) is 1. The summed E-state index contributed by atoms with van der Waals surface area (Å²) in [5.74, 6) is -1.30. The van der Waals surface area contributed by atoms with Crippen molar-refractivity contribution in [3.05, 3.63) is 57.5 Å². The normalized spacial score (nSPS) is 11.3. The second kappa shape index (κ2) is 8.83. The van der Waals surface area contributed by atoms with Gasteiger partial charge in [0.2, 0.25) is 10.0 Å². The highest BCUT2D eigenvalue weighted by Gasteiger charge is 2.17. The smallest absolute Gasteiger partial charge is 0.340 e. The fourth-order valence-corrected chi connectivity index (χ4v) is 3.44. The molecule has 144 valence electrons. The summed E-state index contributed by atoms with van der Waals surface area (Å²) >= 11 is 9.16. The minimum absolute atomic E-state index is 0.0984. The topological polar surface area (TPSA) is 92.8 Å². The number of halogens is 2. The Labute approximate surface area is 170 Å². The Kier molecular flexibility index (Phi) is 6.99. The van der Waals surface area contributed by atoms with Crippen molar-refractivity contribution in [1.82, 2.24) is 4.31 Å². The van der Waals surface area contributed by atoms with E-state index in [9.17, 15) is 18.0 Å². The van der Waals surface area contributed by atoms with Gasteiger partial charge in [0, 0.05) is 24.3 Å². The van der Waals surface area contributed by atoms with Gasteiger partial charge in [-0.15, -0.1) is 0 Å². The van der Waals surface area contributed by atoms with Crippen molar-refractivity contribution in [1.29, 1.82) is 0 Å². The van der Waals surface area contributed by atoms with Crippen LogP contribution in [0.25, 0.3) is 0 Å². The quantitative estimate of drug-likeness (QED) is 0.648. The second-order valence-corrected chi connectivity index (χ2v) is 9.03. The van der Waals surface area contributed by atoms with Crippen LogP contribution in [0.15, 0.2) is 51.8 Å². The zero-order valence-corrected chi connectivity index (χ0v) is 17.6. The van der Waals surface area contributed by atoms with Crippen molar-refractivity contribution in [3.63, 3.8) is 0 Å². The van der Waals surface area contributed by atoms with Gasteiger partial charge in [0.1, 0.15) is 0 Å². The average molecular weight is 476 g/mol. The molecule has 2 aromatic carbocycles. The van der Waals surface area contributed by atoms with Gasteiger partial charge in [-0.3, -0.25) is 4.79 Å². The number of carbonyl (C=O) groups is 2.